The Morgan fingerprint density at radius 1 is 1.10 bits per heavy atom. The van der Waals surface area contributed by atoms with Gasteiger partial charge in [0.25, 0.3) is 0 Å². The molecule has 3 aromatic rings. The fourth-order valence-electron chi connectivity index (χ4n) is 3.88. The first kappa shape index (κ1) is 20.9. The van der Waals surface area contributed by atoms with Crippen LogP contribution in [0.2, 0.25) is 0 Å². The van der Waals surface area contributed by atoms with Crippen molar-refractivity contribution in [2.75, 3.05) is 24.6 Å². The Morgan fingerprint density at radius 3 is 2.52 bits per heavy atom. The summed E-state index contributed by atoms with van der Waals surface area (Å²) in [7, 11) is 2.06. The van der Waals surface area contributed by atoms with Crippen LogP contribution in [0.25, 0.3) is 22.4 Å². The first-order valence-electron chi connectivity index (χ1n) is 10.6. The molecular weight excluding hydrogens is 362 g/mol. The van der Waals surface area contributed by atoms with E-state index in [-0.39, 0.29) is 11.9 Å². The first-order valence-corrected chi connectivity index (χ1v) is 10.6. The van der Waals surface area contributed by atoms with Crippen molar-refractivity contribution < 1.29 is 9.53 Å². The maximum Gasteiger partial charge on any atom is 0.309 e. The lowest BCUT2D eigenvalue weighted by Crippen LogP contribution is -2.36. The number of ether oxygens (including phenoxy) is 1. The highest BCUT2D eigenvalue weighted by Gasteiger charge is 2.26. The molecule has 29 heavy (non-hydrogen) atoms. The molecule has 0 aliphatic carbocycles. The van der Waals surface area contributed by atoms with Crippen LogP contribution in [-0.4, -0.2) is 35.2 Å². The van der Waals surface area contributed by atoms with Crippen LogP contribution < -0.4 is 4.90 Å². The van der Waals surface area contributed by atoms with Gasteiger partial charge < -0.3 is 14.2 Å². The van der Waals surface area contributed by atoms with Gasteiger partial charge in [0.05, 0.1) is 23.6 Å². The summed E-state index contributed by atoms with van der Waals surface area (Å²) in [6, 6.07) is 16.7. The lowest BCUT2D eigenvalue weighted by Gasteiger charge is -2.32. The van der Waals surface area contributed by atoms with E-state index in [0.717, 1.165) is 48.4 Å². The number of piperidine rings is 1. The molecule has 4 rings (SSSR count). The molecule has 1 fully saturated rings. The van der Waals surface area contributed by atoms with Gasteiger partial charge in [0.1, 0.15) is 5.82 Å². The molecule has 0 amide bonds. The molecule has 5 heteroatoms. The van der Waals surface area contributed by atoms with Gasteiger partial charge in [-0.05, 0) is 44.0 Å². The number of hydrogen-bond donors (Lipinski definition) is 0. The SMILES string of the molecule is CC.CCOC(=O)C1CCN(c2cccc(-c3nc4ccccc4n3C)c2)CC1. The lowest BCUT2D eigenvalue weighted by atomic mass is 9.96. The number of nitrogens with zero attached hydrogens (tertiary/aromatic N) is 3. The zero-order chi connectivity index (χ0) is 20.8. The Kier molecular flexibility index (Phi) is 6.91. The van der Waals surface area contributed by atoms with Gasteiger partial charge in [-0.15, -0.1) is 0 Å². The summed E-state index contributed by atoms with van der Waals surface area (Å²) in [5.41, 5.74) is 4.43. The van der Waals surface area contributed by atoms with E-state index in [1.54, 1.807) is 0 Å². The maximum absolute atomic E-state index is 12.0. The highest BCUT2D eigenvalue weighted by atomic mass is 16.5. The minimum Gasteiger partial charge on any atom is -0.466 e. The molecule has 0 spiro atoms. The molecule has 1 aromatic heterocycles. The van der Waals surface area contributed by atoms with Crippen LogP contribution >= 0.6 is 0 Å². The third-order valence-electron chi connectivity index (χ3n) is 5.37. The van der Waals surface area contributed by atoms with Gasteiger partial charge in [0.15, 0.2) is 0 Å². The number of benzene rings is 2. The second-order valence-corrected chi connectivity index (χ2v) is 7.05. The lowest BCUT2D eigenvalue weighted by molar-refractivity contribution is -0.148. The fourth-order valence-corrected chi connectivity index (χ4v) is 3.88. The Morgan fingerprint density at radius 2 is 1.83 bits per heavy atom. The summed E-state index contributed by atoms with van der Waals surface area (Å²) < 4.78 is 7.31. The normalized spacial score (nSPS) is 14.4. The van der Waals surface area contributed by atoms with E-state index in [0.29, 0.717) is 6.61 Å². The molecule has 0 N–H and O–H groups in total. The average Bonchev–Trinajstić information content (AvgIpc) is 3.12. The van der Waals surface area contributed by atoms with Crippen LogP contribution in [0.3, 0.4) is 0 Å². The number of aryl methyl sites for hydroxylation is 1. The number of aromatic nitrogens is 2. The third kappa shape index (κ3) is 4.44. The smallest absolute Gasteiger partial charge is 0.309 e. The van der Waals surface area contributed by atoms with Crippen molar-refractivity contribution in [1.82, 2.24) is 9.55 Å². The number of imidazole rings is 1. The van der Waals surface area contributed by atoms with E-state index in [1.807, 2.05) is 39.0 Å². The monoisotopic (exact) mass is 393 g/mol. The summed E-state index contributed by atoms with van der Waals surface area (Å²) in [5, 5.41) is 0. The topological polar surface area (TPSA) is 47.4 Å². The zero-order valence-corrected chi connectivity index (χ0v) is 17.9. The second-order valence-electron chi connectivity index (χ2n) is 7.05. The minimum absolute atomic E-state index is 0.0317. The number of rotatable bonds is 4. The van der Waals surface area contributed by atoms with Gasteiger partial charge in [-0.25, -0.2) is 4.98 Å². The van der Waals surface area contributed by atoms with Crippen molar-refractivity contribution in [2.45, 2.75) is 33.6 Å². The van der Waals surface area contributed by atoms with Gasteiger partial charge in [0.2, 0.25) is 0 Å². The summed E-state index contributed by atoms with van der Waals surface area (Å²) >= 11 is 0. The highest BCUT2D eigenvalue weighted by molar-refractivity contribution is 5.81. The van der Waals surface area contributed by atoms with Gasteiger partial charge in [-0.1, -0.05) is 38.1 Å². The van der Waals surface area contributed by atoms with E-state index >= 15 is 0 Å². The predicted molar refractivity (Wildman–Crippen MR) is 119 cm³/mol. The van der Waals surface area contributed by atoms with Crippen molar-refractivity contribution in [1.29, 1.82) is 0 Å². The van der Waals surface area contributed by atoms with Crippen LogP contribution in [0.5, 0.6) is 0 Å². The van der Waals surface area contributed by atoms with Crippen molar-refractivity contribution in [3.05, 3.63) is 48.5 Å². The van der Waals surface area contributed by atoms with Crippen LogP contribution in [0.4, 0.5) is 5.69 Å². The fraction of sp³-hybridized carbons (Fsp3) is 0.417. The van der Waals surface area contributed by atoms with Gasteiger partial charge in [0, 0.05) is 31.4 Å². The maximum atomic E-state index is 12.0. The molecule has 1 aliphatic heterocycles. The number of esters is 1. The number of hydrogen-bond acceptors (Lipinski definition) is 4. The Bertz CT molecular complexity index is 956. The molecule has 1 saturated heterocycles. The second kappa shape index (κ2) is 9.59. The number of carbonyl (C=O) groups is 1. The average molecular weight is 394 g/mol. The summed E-state index contributed by atoms with van der Waals surface area (Å²) in [6.45, 7) is 8.06. The molecule has 2 aromatic carbocycles. The summed E-state index contributed by atoms with van der Waals surface area (Å²) in [5.74, 6) is 0.953. The third-order valence-corrected chi connectivity index (χ3v) is 5.37. The Hall–Kier alpha value is -2.82. The summed E-state index contributed by atoms with van der Waals surface area (Å²) in [4.78, 5) is 19.1. The molecule has 1 aliphatic rings. The van der Waals surface area contributed by atoms with Crippen molar-refractivity contribution >= 4 is 22.7 Å². The Balaban J connectivity index is 0.00000117. The zero-order valence-electron chi connectivity index (χ0n) is 17.9. The van der Waals surface area contributed by atoms with E-state index in [2.05, 4.69) is 46.8 Å². The van der Waals surface area contributed by atoms with Crippen LogP contribution in [0, 0.1) is 5.92 Å². The number of para-hydroxylation sites is 2. The molecule has 154 valence electrons. The molecule has 0 unspecified atom stereocenters. The van der Waals surface area contributed by atoms with Crippen LogP contribution in [0.1, 0.15) is 33.6 Å². The quantitative estimate of drug-likeness (QED) is 0.582. The van der Waals surface area contributed by atoms with Gasteiger partial charge in [-0.2, -0.15) is 0 Å². The van der Waals surface area contributed by atoms with Gasteiger partial charge >= 0.3 is 5.97 Å². The van der Waals surface area contributed by atoms with Gasteiger partial charge in [-0.3, -0.25) is 4.79 Å². The molecular formula is C24H31N3O2. The predicted octanol–water partition coefficient (Wildman–Crippen LogP) is 5.05. The van der Waals surface area contributed by atoms with Crippen molar-refractivity contribution in [3.8, 4) is 11.4 Å². The Labute approximate surface area is 173 Å². The number of carbonyl (C=O) groups excluding carboxylic acids is 1. The van der Waals surface area contributed by atoms with Crippen molar-refractivity contribution in [3.63, 3.8) is 0 Å². The molecule has 5 nitrogen and oxygen atoms in total. The van der Waals surface area contributed by atoms with E-state index in [9.17, 15) is 4.79 Å². The molecule has 2 heterocycles. The number of anilines is 1. The molecule has 0 saturated carbocycles. The molecule has 0 atom stereocenters. The summed E-state index contributed by atoms with van der Waals surface area (Å²) in [6.07, 6.45) is 1.69. The van der Waals surface area contributed by atoms with Crippen LogP contribution in [0.15, 0.2) is 48.5 Å². The highest BCUT2D eigenvalue weighted by Crippen LogP contribution is 2.29. The largest absolute Gasteiger partial charge is 0.466 e. The number of fused-ring (bicyclic) bond motifs is 1. The first-order chi connectivity index (χ1) is 14.2. The van der Waals surface area contributed by atoms with Crippen LogP contribution in [-0.2, 0) is 16.6 Å². The van der Waals surface area contributed by atoms with E-state index in [4.69, 9.17) is 9.72 Å². The molecule has 0 radical (unpaired) electrons. The van der Waals surface area contributed by atoms with E-state index in [1.165, 1.54) is 5.69 Å². The van der Waals surface area contributed by atoms with Crippen molar-refractivity contribution in [2.24, 2.45) is 13.0 Å². The molecule has 0 bridgehead atoms. The van der Waals surface area contributed by atoms with E-state index < -0.39 is 0 Å². The standard InChI is InChI=1S/C22H25N3O2.C2H6/c1-3-27-22(26)16-11-13-25(14-12-16)18-8-6-7-17(15-18)21-23-19-9-4-5-10-20(19)24(21)2;1-2/h4-10,15-16H,3,11-14H2,1-2H3;1-2H3. The minimum atomic E-state index is -0.0504.